The van der Waals surface area contributed by atoms with E-state index in [1.165, 1.54) is 12.8 Å². The number of carbonyl (C=O) groups is 5. The summed E-state index contributed by atoms with van der Waals surface area (Å²) in [6.07, 6.45) is 18.6. The van der Waals surface area contributed by atoms with E-state index in [1.807, 2.05) is 24.3 Å². The first-order valence-corrected chi connectivity index (χ1v) is 29.5. The van der Waals surface area contributed by atoms with Crippen molar-refractivity contribution in [3.05, 3.63) is 0 Å². The molecule has 0 aromatic rings. The quantitative estimate of drug-likeness (QED) is 0.0145. The van der Waals surface area contributed by atoms with Gasteiger partial charge in [0.05, 0.1) is 30.7 Å². The number of rotatable bonds is 34. The number of carboxylic acid groups (broad SMARTS) is 1. The SMILES string of the molecule is CCC.CCl.CSCCC(C)CCC(=O)C(CCCN=C(N)N)NCN.CSCCC(CCC(=O)C(CCCN=C(N)N)NCN)C(=O)O.CSCCC1CCC(=O)C(CCCN=C(N)N)NCNC1=O. The minimum Gasteiger partial charge on any atom is -0.481 e. The molecule has 1 fully saturated rings. The number of Topliss-reactive ketones (excluding diaryl/α,β-unsaturated/α-hetero) is 3. The highest BCUT2D eigenvalue weighted by molar-refractivity contribution is 7.98. The van der Waals surface area contributed by atoms with Gasteiger partial charge in [-0.15, -0.1) is 11.6 Å². The van der Waals surface area contributed by atoms with Gasteiger partial charge in [0.25, 0.3) is 0 Å². The fourth-order valence-corrected chi connectivity index (χ4v) is 8.34. The maximum Gasteiger partial charge on any atom is 0.306 e. The van der Waals surface area contributed by atoms with Gasteiger partial charge in [0.1, 0.15) is 17.3 Å². The Morgan fingerprint density at radius 3 is 1.59 bits per heavy atom. The monoisotopic (exact) mass is 1090 g/mol. The number of hydrogen-bond acceptors (Lipinski definition) is 16. The maximum absolute atomic E-state index is 12.3. The molecular formula is C46H98ClN15O6S3. The van der Waals surface area contributed by atoms with Crippen LogP contribution in [-0.2, 0) is 24.0 Å². The summed E-state index contributed by atoms with van der Waals surface area (Å²) in [5.41, 5.74) is 42.5. The van der Waals surface area contributed by atoms with Crippen molar-refractivity contribution in [1.29, 1.82) is 0 Å². The highest BCUT2D eigenvalue weighted by atomic mass is 35.5. The van der Waals surface area contributed by atoms with Gasteiger partial charge >= 0.3 is 5.97 Å². The fraction of sp³-hybridized carbons (Fsp3) is 0.826. The number of thioether (sulfide) groups is 3. The van der Waals surface area contributed by atoms with E-state index in [9.17, 15) is 29.1 Å². The number of nitrogens with one attached hydrogen (secondary N) is 4. The molecule has 0 aliphatic carbocycles. The van der Waals surface area contributed by atoms with E-state index in [2.05, 4.69) is 74.9 Å². The maximum atomic E-state index is 12.3. The third-order valence-corrected chi connectivity index (χ3v) is 12.5. The van der Waals surface area contributed by atoms with E-state index in [0.717, 1.165) is 49.4 Å². The first-order chi connectivity index (χ1) is 33.9. The first-order valence-electron chi connectivity index (χ1n) is 24.6. The fourth-order valence-electron chi connectivity index (χ4n) is 6.66. The number of alkyl halides is 1. The Morgan fingerprint density at radius 2 is 1.15 bits per heavy atom. The average Bonchev–Trinajstić information content (AvgIpc) is 3.39. The van der Waals surface area contributed by atoms with Crippen LogP contribution < -0.4 is 67.1 Å². The summed E-state index contributed by atoms with van der Waals surface area (Å²) in [5.74, 6) is 2.65. The van der Waals surface area contributed by atoms with E-state index in [-0.39, 0.29) is 78.3 Å². The van der Waals surface area contributed by atoms with Gasteiger partial charge in [0, 0.05) is 64.5 Å². The van der Waals surface area contributed by atoms with Crippen LogP contribution >= 0.6 is 46.9 Å². The normalized spacial score (nSPS) is 15.9. The lowest BCUT2D eigenvalue weighted by Crippen LogP contribution is -2.43. The number of ketones is 3. The summed E-state index contributed by atoms with van der Waals surface area (Å²) < 4.78 is 0. The highest BCUT2D eigenvalue weighted by Gasteiger charge is 2.26. The van der Waals surface area contributed by atoms with Crippen LogP contribution in [0.2, 0.25) is 0 Å². The number of hydrogen-bond donors (Lipinski definition) is 13. The topological polar surface area (TPSA) is 399 Å². The smallest absolute Gasteiger partial charge is 0.306 e. The highest BCUT2D eigenvalue weighted by Crippen LogP contribution is 2.19. The Labute approximate surface area is 444 Å². The molecule has 0 saturated carbocycles. The molecule has 0 aromatic heterocycles. The molecule has 1 aliphatic heterocycles. The van der Waals surface area contributed by atoms with Crippen LogP contribution in [0.1, 0.15) is 124 Å². The van der Waals surface area contributed by atoms with E-state index < -0.39 is 11.9 Å². The van der Waals surface area contributed by atoms with Gasteiger partial charge in [-0.05, 0) is 119 Å². The summed E-state index contributed by atoms with van der Waals surface area (Å²) in [6, 6.07) is -0.810. The van der Waals surface area contributed by atoms with E-state index >= 15 is 0 Å². The van der Waals surface area contributed by atoms with Crippen molar-refractivity contribution in [2.75, 3.05) is 82.0 Å². The van der Waals surface area contributed by atoms with Crippen LogP contribution in [0.4, 0.5) is 0 Å². The van der Waals surface area contributed by atoms with E-state index in [1.54, 1.807) is 23.5 Å². The third-order valence-electron chi connectivity index (χ3n) is 10.6. The molecular weight excluding hydrogens is 990 g/mol. The van der Waals surface area contributed by atoms with Crippen molar-refractivity contribution in [2.45, 2.75) is 142 Å². The number of nitrogens with two attached hydrogens (primary N) is 8. The van der Waals surface area contributed by atoms with Gasteiger partial charge in [-0.3, -0.25) is 54.9 Å². The largest absolute Gasteiger partial charge is 0.481 e. The zero-order valence-electron chi connectivity index (χ0n) is 44.2. The van der Waals surface area contributed by atoms with Crippen molar-refractivity contribution < 1.29 is 29.1 Å². The number of halogens is 1. The molecule has 21 N–H and O–H groups in total. The Morgan fingerprint density at radius 1 is 0.704 bits per heavy atom. The molecule has 0 spiro atoms. The second kappa shape index (κ2) is 53.2. The minimum absolute atomic E-state index is 0.0180. The van der Waals surface area contributed by atoms with Crippen LogP contribution in [-0.4, -0.2) is 152 Å². The molecule has 1 aliphatic rings. The Balaban J connectivity index is -0.000000453. The lowest BCUT2D eigenvalue weighted by molar-refractivity contribution is -0.142. The summed E-state index contributed by atoms with van der Waals surface area (Å²) in [5, 5.41) is 21.1. The summed E-state index contributed by atoms with van der Waals surface area (Å²) >= 11 is 9.81. The Hall–Kier alpha value is -3.10. The molecule has 418 valence electrons. The first kappa shape index (κ1) is 74.4. The van der Waals surface area contributed by atoms with Crippen LogP contribution in [0.25, 0.3) is 0 Å². The van der Waals surface area contributed by atoms with Crippen LogP contribution in [0.5, 0.6) is 0 Å². The van der Waals surface area contributed by atoms with Gasteiger partial charge in [-0.2, -0.15) is 35.3 Å². The summed E-state index contributed by atoms with van der Waals surface area (Å²) in [4.78, 5) is 71.7. The molecule has 21 nitrogen and oxygen atoms in total. The number of nitrogens with zero attached hydrogens (tertiary/aromatic N) is 3. The number of aliphatic carboxylic acids is 1. The van der Waals surface area contributed by atoms with Crippen molar-refractivity contribution >= 4 is 94.0 Å². The second-order valence-electron chi connectivity index (χ2n) is 16.6. The molecule has 1 saturated heterocycles. The number of amides is 1. The van der Waals surface area contributed by atoms with Gasteiger partial charge in [-0.1, -0.05) is 27.2 Å². The molecule has 6 atom stereocenters. The Bertz CT molecular complexity index is 1450. The number of guanidine groups is 3. The van der Waals surface area contributed by atoms with E-state index in [0.29, 0.717) is 96.7 Å². The van der Waals surface area contributed by atoms with Crippen molar-refractivity contribution in [3.8, 4) is 0 Å². The number of carbonyl (C=O) groups excluding carboxylic acids is 4. The average molecular weight is 1090 g/mol. The van der Waals surface area contributed by atoms with Gasteiger partial charge in [-0.25, -0.2) is 0 Å². The minimum atomic E-state index is -0.844. The lowest BCUT2D eigenvalue weighted by atomic mass is 9.95. The molecule has 6 unspecified atom stereocenters. The predicted octanol–water partition coefficient (Wildman–Crippen LogP) is 2.45. The van der Waals surface area contributed by atoms with Crippen LogP contribution in [0, 0.1) is 17.8 Å². The van der Waals surface area contributed by atoms with E-state index in [4.69, 9.17) is 45.9 Å². The molecule has 0 bridgehead atoms. The van der Waals surface area contributed by atoms with Gasteiger partial charge in [0.15, 0.2) is 17.9 Å². The number of carboxylic acids is 1. The van der Waals surface area contributed by atoms with Crippen molar-refractivity contribution in [2.24, 2.45) is 78.6 Å². The number of aliphatic imine (C=N–C) groups is 3. The molecule has 71 heavy (non-hydrogen) atoms. The second-order valence-corrected chi connectivity index (χ2v) is 19.6. The predicted molar refractivity (Wildman–Crippen MR) is 305 cm³/mol. The molecule has 1 rings (SSSR count). The zero-order chi connectivity index (χ0) is 54.8. The molecule has 25 heteroatoms. The lowest BCUT2D eigenvalue weighted by Gasteiger charge is -2.17. The summed E-state index contributed by atoms with van der Waals surface area (Å²) in [6.45, 7) is 8.78. The standard InChI is InChI=1S/C14H29N5O3S.C14H27N5O2S.C14H31N5OS.C3H8.CH3Cl/c1-23-8-6-10(13(21)22)4-5-12(20)11(19-9-15)3-2-7-18-14(16)17;1-22-8-6-10-4-5-12(20)11(18-9-19-13(10)21)3-2-7-17-14(15)16;1-11(7-9-21-2)5-6-13(20)12(19-10-15)4-3-8-18-14(16)17;1-3-2;1-2/h10-11,19H,2-9,15H2,1H3,(H,21,22)(H4,16,17,18);10-11,18H,2-9H2,1H3,(H,19,21)(H4,15,16,17);11-12,19H,3-10,15H2,1-2H3,(H4,16,17,18);3H2,1-2H3;1H3. The van der Waals surface area contributed by atoms with Crippen LogP contribution in [0.15, 0.2) is 15.0 Å². The molecule has 0 aromatic carbocycles. The van der Waals surface area contributed by atoms with Crippen molar-refractivity contribution in [1.82, 2.24) is 21.3 Å². The zero-order valence-corrected chi connectivity index (χ0v) is 47.4. The molecule has 1 amide bonds. The third kappa shape index (κ3) is 47.6. The van der Waals surface area contributed by atoms with Gasteiger partial charge < -0.3 is 56.3 Å². The summed E-state index contributed by atoms with van der Waals surface area (Å²) in [7, 11) is 0. The molecule has 1 heterocycles. The van der Waals surface area contributed by atoms with Gasteiger partial charge in [0.2, 0.25) is 5.91 Å². The Kier molecular flexibility index (Phi) is 55.8. The van der Waals surface area contributed by atoms with Crippen molar-refractivity contribution in [3.63, 3.8) is 0 Å². The molecule has 0 radical (unpaired) electrons. The van der Waals surface area contributed by atoms with Crippen LogP contribution in [0.3, 0.4) is 0 Å².